The topological polar surface area (TPSA) is 57.8 Å². The number of nitrogens with zero attached hydrogens (tertiary/aromatic N) is 1. The van der Waals surface area contributed by atoms with E-state index in [0.29, 0.717) is 11.4 Å². The van der Waals surface area contributed by atoms with Crippen molar-refractivity contribution in [2.24, 2.45) is 0 Å². The van der Waals surface area contributed by atoms with Gasteiger partial charge in [0, 0.05) is 26.7 Å². The molecule has 0 radical (unpaired) electrons. The van der Waals surface area contributed by atoms with Crippen LogP contribution < -0.4 is 5.32 Å². The van der Waals surface area contributed by atoms with Crippen molar-refractivity contribution in [1.29, 1.82) is 0 Å². The van der Waals surface area contributed by atoms with E-state index in [9.17, 15) is 4.79 Å². The smallest absolute Gasteiger partial charge is 0.272 e. The van der Waals surface area contributed by atoms with Gasteiger partial charge >= 0.3 is 0 Å². The molecule has 0 unspecified atom stereocenters. The molecule has 20 heavy (non-hydrogen) atoms. The Balaban J connectivity index is 1.97. The summed E-state index contributed by atoms with van der Waals surface area (Å²) in [6, 6.07) is 9.36. The molecule has 1 amide bonds. The summed E-state index contributed by atoms with van der Waals surface area (Å²) in [5.41, 5.74) is 1.94. The lowest BCUT2D eigenvalue weighted by molar-refractivity contribution is 0.102. The molecule has 0 aliphatic carbocycles. The highest BCUT2D eigenvalue weighted by Gasteiger charge is 2.10. The summed E-state index contributed by atoms with van der Waals surface area (Å²) in [4.78, 5) is 19.4. The van der Waals surface area contributed by atoms with E-state index >= 15 is 0 Å². The number of aromatic nitrogens is 2. The number of rotatable bonds is 2. The molecule has 0 fully saturated rings. The Kier molecular flexibility index (Phi) is 3.58. The minimum atomic E-state index is -0.201. The predicted molar refractivity (Wildman–Crippen MR) is 85.9 cm³/mol. The lowest BCUT2D eigenvalue weighted by atomic mass is 10.2. The number of H-pyrrole nitrogens is 1. The van der Waals surface area contributed by atoms with Gasteiger partial charge in [-0.15, -0.1) is 0 Å². The SMILES string of the molecule is O=C(Nc1cccc2cc(Br)cnc12)c1cc(Br)c[nH]1. The summed E-state index contributed by atoms with van der Waals surface area (Å²) < 4.78 is 1.74. The Bertz CT molecular complexity index is 798. The van der Waals surface area contributed by atoms with E-state index in [-0.39, 0.29) is 5.91 Å². The van der Waals surface area contributed by atoms with E-state index in [4.69, 9.17) is 0 Å². The molecule has 2 heterocycles. The molecule has 2 N–H and O–H groups in total. The second-order valence-electron chi connectivity index (χ2n) is 4.22. The highest BCUT2D eigenvalue weighted by Crippen LogP contribution is 2.24. The second kappa shape index (κ2) is 5.38. The van der Waals surface area contributed by atoms with Gasteiger partial charge < -0.3 is 10.3 Å². The third-order valence-electron chi connectivity index (χ3n) is 2.82. The van der Waals surface area contributed by atoms with Crippen LogP contribution in [-0.4, -0.2) is 15.9 Å². The van der Waals surface area contributed by atoms with E-state index in [1.165, 1.54) is 0 Å². The molecule has 0 aliphatic rings. The van der Waals surface area contributed by atoms with Gasteiger partial charge in [0.2, 0.25) is 0 Å². The number of fused-ring (bicyclic) bond motifs is 1. The first-order valence-corrected chi connectivity index (χ1v) is 7.41. The number of carbonyl (C=O) groups excluding carboxylic acids is 1. The average Bonchev–Trinajstić information content (AvgIpc) is 2.85. The number of hydrogen-bond donors (Lipinski definition) is 2. The molecular weight excluding hydrogens is 386 g/mol. The van der Waals surface area contributed by atoms with Gasteiger partial charge in [-0.2, -0.15) is 0 Å². The number of pyridine rings is 1. The highest BCUT2D eigenvalue weighted by atomic mass is 79.9. The molecule has 3 rings (SSSR count). The number of halogens is 2. The van der Waals surface area contributed by atoms with Crippen molar-refractivity contribution in [3.63, 3.8) is 0 Å². The Morgan fingerprint density at radius 3 is 2.80 bits per heavy atom. The number of para-hydroxylation sites is 1. The first-order chi connectivity index (χ1) is 9.63. The zero-order valence-corrected chi connectivity index (χ0v) is 13.3. The van der Waals surface area contributed by atoms with E-state index in [2.05, 4.69) is 47.1 Å². The monoisotopic (exact) mass is 393 g/mol. The molecule has 100 valence electrons. The molecule has 0 bridgehead atoms. The van der Waals surface area contributed by atoms with Crippen molar-refractivity contribution < 1.29 is 4.79 Å². The number of nitrogens with one attached hydrogen (secondary N) is 2. The van der Waals surface area contributed by atoms with E-state index in [0.717, 1.165) is 19.8 Å². The summed E-state index contributed by atoms with van der Waals surface area (Å²) in [7, 11) is 0. The maximum atomic E-state index is 12.1. The van der Waals surface area contributed by atoms with Crippen molar-refractivity contribution >= 4 is 54.4 Å². The van der Waals surface area contributed by atoms with Crippen LogP contribution in [0.2, 0.25) is 0 Å². The van der Waals surface area contributed by atoms with Crippen LogP contribution in [-0.2, 0) is 0 Å². The number of carbonyl (C=O) groups is 1. The Morgan fingerprint density at radius 1 is 1.20 bits per heavy atom. The fourth-order valence-electron chi connectivity index (χ4n) is 1.92. The van der Waals surface area contributed by atoms with Crippen molar-refractivity contribution in [3.05, 3.63) is 57.4 Å². The number of amides is 1. The Morgan fingerprint density at radius 2 is 2.05 bits per heavy atom. The van der Waals surface area contributed by atoms with Gasteiger partial charge in [-0.25, -0.2) is 0 Å². The Hall–Kier alpha value is -1.66. The van der Waals surface area contributed by atoms with Gasteiger partial charge in [-0.1, -0.05) is 12.1 Å². The quantitative estimate of drug-likeness (QED) is 0.679. The van der Waals surface area contributed by atoms with Gasteiger partial charge in [0.05, 0.1) is 11.2 Å². The normalized spacial score (nSPS) is 10.7. The predicted octanol–water partition coefficient (Wildman–Crippen LogP) is 4.34. The maximum absolute atomic E-state index is 12.1. The maximum Gasteiger partial charge on any atom is 0.272 e. The van der Waals surface area contributed by atoms with Gasteiger partial charge in [0.15, 0.2) is 0 Å². The van der Waals surface area contributed by atoms with Crippen LogP contribution in [0.15, 0.2) is 51.7 Å². The minimum absolute atomic E-state index is 0.201. The van der Waals surface area contributed by atoms with Crippen molar-refractivity contribution in [3.8, 4) is 0 Å². The molecule has 3 aromatic rings. The molecule has 4 nitrogen and oxygen atoms in total. The lowest BCUT2D eigenvalue weighted by Crippen LogP contribution is -2.12. The molecule has 0 saturated heterocycles. The number of benzene rings is 1. The zero-order valence-electron chi connectivity index (χ0n) is 10.2. The van der Waals surface area contributed by atoms with Crippen LogP contribution >= 0.6 is 31.9 Å². The van der Waals surface area contributed by atoms with Gasteiger partial charge in [0.1, 0.15) is 5.69 Å². The third-order valence-corrected chi connectivity index (χ3v) is 3.71. The van der Waals surface area contributed by atoms with E-state index < -0.39 is 0 Å². The summed E-state index contributed by atoms with van der Waals surface area (Å²) in [6.45, 7) is 0. The standard InChI is InChI=1S/C14H9Br2N3O/c15-9-4-8-2-1-3-11(13(8)18-7-9)19-14(20)12-5-10(16)6-17-12/h1-7,17H,(H,19,20). The summed E-state index contributed by atoms with van der Waals surface area (Å²) in [5, 5.41) is 3.83. The second-order valence-corrected chi connectivity index (χ2v) is 6.05. The molecule has 0 spiro atoms. The Labute approximate surface area is 131 Å². The van der Waals surface area contributed by atoms with E-state index in [1.807, 2.05) is 24.3 Å². The molecule has 2 aromatic heterocycles. The average molecular weight is 395 g/mol. The van der Waals surface area contributed by atoms with Gasteiger partial charge in [0.25, 0.3) is 5.91 Å². The molecule has 1 aromatic carbocycles. The van der Waals surface area contributed by atoms with Crippen LogP contribution in [0.3, 0.4) is 0 Å². The van der Waals surface area contributed by atoms with Crippen LogP contribution in [0.25, 0.3) is 10.9 Å². The summed E-state index contributed by atoms with van der Waals surface area (Å²) >= 11 is 6.69. The van der Waals surface area contributed by atoms with Crippen LogP contribution in [0, 0.1) is 0 Å². The third kappa shape index (κ3) is 2.62. The molecule has 6 heteroatoms. The molecule has 0 aliphatic heterocycles. The number of hydrogen-bond acceptors (Lipinski definition) is 2. The molecule has 0 atom stereocenters. The molecular formula is C14H9Br2N3O. The fourth-order valence-corrected chi connectivity index (χ4v) is 2.62. The van der Waals surface area contributed by atoms with Crippen LogP contribution in [0.5, 0.6) is 0 Å². The lowest BCUT2D eigenvalue weighted by Gasteiger charge is -2.07. The van der Waals surface area contributed by atoms with Crippen molar-refractivity contribution in [1.82, 2.24) is 9.97 Å². The van der Waals surface area contributed by atoms with Gasteiger partial charge in [-0.05, 0) is 50.1 Å². The van der Waals surface area contributed by atoms with Crippen molar-refractivity contribution in [2.45, 2.75) is 0 Å². The number of anilines is 1. The van der Waals surface area contributed by atoms with E-state index in [1.54, 1.807) is 18.5 Å². The van der Waals surface area contributed by atoms with Crippen LogP contribution in [0.1, 0.15) is 10.5 Å². The summed E-state index contributed by atoms with van der Waals surface area (Å²) in [5.74, 6) is -0.201. The first kappa shape index (κ1) is 13.3. The largest absolute Gasteiger partial charge is 0.356 e. The summed E-state index contributed by atoms with van der Waals surface area (Å²) in [6.07, 6.45) is 3.43. The molecule has 0 saturated carbocycles. The number of aromatic amines is 1. The first-order valence-electron chi connectivity index (χ1n) is 5.83. The van der Waals surface area contributed by atoms with Crippen LogP contribution in [0.4, 0.5) is 5.69 Å². The zero-order chi connectivity index (χ0) is 14.1. The fraction of sp³-hybridized carbons (Fsp3) is 0. The van der Waals surface area contributed by atoms with Gasteiger partial charge in [-0.3, -0.25) is 9.78 Å². The van der Waals surface area contributed by atoms with Crippen molar-refractivity contribution in [2.75, 3.05) is 5.32 Å². The minimum Gasteiger partial charge on any atom is -0.356 e. The highest BCUT2D eigenvalue weighted by molar-refractivity contribution is 9.10.